The van der Waals surface area contributed by atoms with Crippen LogP contribution in [0, 0.1) is 0 Å². The SMILES string of the molecule is CN(C)C(=O)[C@@H]1CSCN1C(=O)[C@H]1CC(=O)Nc2ccccc21. The third-order valence-corrected chi connectivity index (χ3v) is 5.20. The Morgan fingerprint density at radius 3 is 2.78 bits per heavy atom. The number of hydrogen-bond donors (Lipinski definition) is 1. The number of anilines is 1. The number of hydrogen-bond acceptors (Lipinski definition) is 4. The summed E-state index contributed by atoms with van der Waals surface area (Å²) in [7, 11) is 3.38. The fraction of sp³-hybridized carbons (Fsp3) is 0.438. The quantitative estimate of drug-likeness (QED) is 0.880. The molecule has 1 saturated heterocycles. The number of thioether (sulfide) groups is 1. The van der Waals surface area contributed by atoms with Gasteiger partial charge in [-0.15, -0.1) is 11.8 Å². The third-order valence-electron chi connectivity index (χ3n) is 4.19. The topological polar surface area (TPSA) is 69.7 Å². The molecule has 0 aliphatic carbocycles. The van der Waals surface area contributed by atoms with Gasteiger partial charge in [0.25, 0.3) is 0 Å². The van der Waals surface area contributed by atoms with E-state index < -0.39 is 12.0 Å². The van der Waals surface area contributed by atoms with Crippen LogP contribution < -0.4 is 5.32 Å². The highest BCUT2D eigenvalue weighted by Crippen LogP contribution is 2.35. The highest BCUT2D eigenvalue weighted by atomic mass is 32.2. The second-order valence-corrected chi connectivity index (χ2v) is 6.95. The maximum atomic E-state index is 13.0. The fourth-order valence-electron chi connectivity index (χ4n) is 2.99. The van der Waals surface area contributed by atoms with Crippen LogP contribution in [0.15, 0.2) is 24.3 Å². The lowest BCUT2D eigenvalue weighted by atomic mass is 9.89. The smallest absolute Gasteiger partial charge is 0.245 e. The molecule has 7 heteroatoms. The minimum atomic E-state index is -0.517. The van der Waals surface area contributed by atoms with Crippen LogP contribution in [0.3, 0.4) is 0 Å². The van der Waals surface area contributed by atoms with Crippen molar-refractivity contribution in [1.29, 1.82) is 0 Å². The first-order chi connectivity index (χ1) is 11.0. The van der Waals surface area contributed by atoms with Crippen LogP contribution in [0.25, 0.3) is 0 Å². The van der Waals surface area contributed by atoms with Gasteiger partial charge in [0, 0.05) is 32.0 Å². The number of nitrogens with zero attached hydrogens (tertiary/aromatic N) is 2. The van der Waals surface area contributed by atoms with Gasteiger partial charge in [0.1, 0.15) is 6.04 Å². The molecule has 2 heterocycles. The molecule has 1 N–H and O–H groups in total. The summed E-state index contributed by atoms with van der Waals surface area (Å²) >= 11 is 1.57. The van der Waals surface area contributed by atoms with Crippen molar-refractivity contribution in [3.63, 3.8) is 0 Å². The lowest BCUT2D eigenvalue weighted by molar-refractivity contribution is -0.143. The number of fused-ring (bicyclic) bond motifs is 1. The van der Waals surface area contributed by atoms with Crippen molar-refractivity contribution in [3.8, 4) is 0 Å². The van der Waals surface area contributed by atoms with Crippen LogP contribution in [0.4, 0.5) is 5.69 Å². The van der Waals surface area contributed by atoms with Crippen LogP contribution in [0.5, 0.6) is 0 Å². The number of para-hydroxylation sites is 1. The molecular weight excluding hydrogens is 314 g/mol. The number of rotatable bonds is 2. The molecule has 0 saturated carbocycles. The molecule has 1 aromatic rings. The van der Waals surface area contributed by atoms with Crippen molar-refractivity contribution in [2.45, 2.75) is 18.4 Å². The van der Waals surface area contributed by atoms with Gasteiger partial charge in [0.2, 0.25) is 17.7 Å². The molecule has 0 unspecified atom stereocenters. The average Bonchev–Trinajstić information content (AvgIpc) is 3.01. The third kappa shape index (κ3) is 2.93. The van der Waals surface area contributed by atoms with Crippen molar-refractivity contribution in [2.24, 2.45) is 0 Å². The molecule has 0 aromatic heterocycles. The van der Waals surface area contributed by atoms with Crippen molar-refractivity contribution in [1.82, 2.24) is 9.80 Å². The van der Waals surface area contributed by atoms with Crippen LogP contribution in [0.1, 0.15) is 17.9 Å². The van der Waals surface area contributed by atoms with Gasteiger partial charge in [-0.25, -0.2) is 0 Å². The van der Waals surface area contributed by atoms with Crippen molar-refractivity contribution < 1.29 is 14.4 Å². The van der Waals surface area contributed by atoms with Gasteiger partial charge in [-0.3, -0.25) is 14.4 Å². The number of amides is 3. The Kier molecular flexibility index (Phi) is 4.30. The molecular formula is C16H19N3O3S. The monoisotopic (exact) mass is 333 g/mol. The predicted octanol–water partition coefficient (Wildman–Crippen LogP) is 1.10. The van der Waals surface area contributed by atoms with E-state index in [-0.39, 0.29) is 24.1 Å². The molecule has 6 nitrogen and oxygen atoms in total. The summed E-state index contributed by atoms with van der Waals surface area (Å²) in [5, 5.41) is 2.80. The summed E-state index contributed by atoms with van der Waals surface area (Å²) in [6, 6.07) is 6.91. The molecule has 2 atom stereocenters. The zero-order valence-electron chi connectivity index (χ0n) is 13.1. The normalized spacial score (nSPS) is 23.2. The largest absolute Gasteiger partial charge is 0.347 e. The first kappa shape index (κ1) is 15.9. The van der Waals surface area contributed by atoms with Crippen LogP contribution in [-0.4, -0.2) is 59.3 Å². The molecule has 1 fully saturated rings. The first-order valence-corrected chi connectivity index (χ1v) is 8.62. The van der Waals surface area contributed by atoms with Gasteiger partial charge in [0.05, 0.1) is 11.8 Å². The van der Waals surface area contributed by atoms with Crippen molar-refractivity contribution in [2.75, 3.05) is 31.0 Å². The number of likely N-dealkylation sites (N-methyl/N-ethyl adjacent to an activating group) is 1. The molecule has 1 aromatic carbocycles. The van der Waals surface area contributed by atoms with Crippen LogP contribution in [0.2, 0.25) is 0 Å². The van der Waals surface area contributed by atoms with E-state index in [1.165, 1.54) is 4.90 Å². The Morgan fingerprint density at radius 1 is 1.30 bits per heavy atom. The lowest BCUT2D eigenvalue weighted by Gasteiger charge is -2.31. The molecule has 3 amide bonds. The van der Waals surface area contributed by atoms with E-state index in [0.717, 1.165) is 5.56 Å². The van der Waals surface area contributed by atoms with E-state index >= 15 is 0 Å². The summed E-state index contributed by atoms with van der Waals surface area (Å²) in [6.07, 6.45) is 0.125. The Morgan fingerprint density at radius 2 is 2.04 bits per heavy atom. The standard InChI is InChI=1S/C16H19N3O3S/c1-18(2)16(22)13-8-23-9-19(13)15(21)11-7-14(20)17-12-6-4-3-5-10(11)12/h3-6,11,13H,7-9H2,1-2H3,(H,17,20)/t11-,13-/m0/s1. The highest BCUT2D eigenvalue weighted by Gasteiger charge is 2.41. The minimum Gasteiger partial charge on any atom is -0.347 e. The van der Waals surface area contributed by atoms with Gasteiger partial charge in [-0.1, -0.05) is 18.2 Å². The maximum absolute atomic E-state index is 13.0. The van der Waals surface area contributed by atoms with E-state index in [0.29, 0.717) is 17.3 Å². The van der Waals surface area contributed by atoms with Gasteiger partial charge >= 0.3 is 0 Å². The zero-order chi connectivity index (χ0) is 16.6. The lowest BCUT2D eigenvalue weighted by Crippen LogP contribution is -2.49. The van der Waals surface area contributed by atoms with E-state index in [4.69, 9.17) is 0 Å². The second-order valence-electron chi connectivity index (χ2n) is 5.95. The summed E-state index contributed by atoms with van der Waals surface area (Å²) in [5.41, 5.74) is 1.51. The van der Waals surface area contributed by atoms with E-state index in [2.05, 4.69) is 5.32 Å². The van der Waals surface area contributed by atoms with E-state index in [1.54, 1.807) is 36.8 Å². The summed E-state index contributed by atoms with van der Waals surface area (Å²) in [6.45, 7) is 0. The zero-order valence-corrected chi connectivity index (χ0v) is 13.9. The van der Waals surface area contributed by atoms with Gasteiger partial charge in [-0.2, -0.15) is 0 Å². The Balaban J connectivity index is 1.88. The van der Waals surface area contributed by atoms with Gasteiger partial charge in [0.15, 0.2) is 0 Å². The molecule has 122 valence electrons. The molecule has 0 bridgehead atoms. The van der Waals surface area contributed by atoms with Gasteiger partial charge in [-0.05, 0) is 11.6 Å². The molecule has 3 rings (SSSR count). The number of carbonyl (C=O) groups is 3. The Labute approximate surface area is 139 Å². The predicted molar refractivity (Wildman–Crippen MR) is 89.1 cm³/mol. The van der Waals surface area contributed by atoms with Crippen LogP contribution >= 0.6 is 11.8 Å². The highest BCUT2D eigenvalue weighted by molar-refractivity contribution is 7.99. The average molecular weight is 333 g/mol. The molecule has 2 aliphatic heterocycles. The Bertz CT molecular complexity index is 662. The summed E-state index contributed by atoms with van der Waals surface area (Å²) in [5.74, 6) is 0.196. The molecule has 2 aliphatic rings. The Hall–Kier alpha value is -2.02. The maximum Gasteiger partial charge on any atom is 0.245 e. The first-order valence-electron chi connectivity index (χ1n) is 7.47. The molecule has 23 heavy (non-hydrogen) atoms. The molecule has 0 spiro atoms. The summed E-state index contributed by atoms with van der Waals surface area (Å²) in [4.78, 5) is 40.3. The van der Waals surface area contributed by atoms with Crippen molar-refractivity contribution in [3.05, 3.63) is 29.8 Å². The number of benzene rings is 1. The summed E-state index contributed by atoms with van der Waals surface area (Å²) < 4.78 is 0. The fourth-order valence-corrected chi connectivity index (χ4v) is 4.15. The van der Waals surface area contributed by atoms with E-state index in [9.17, 15) is 14.4 Å². The number of nitrogens with one attached hydrogen (secondary N) is 1. The molecule has 0 radical (unpaired) electrons. The second kappa shape index (κ2) is 6.23. The minimum absolute atomic E-state index is 0.0723. The number of carbonyl (C=O) groups excluding carboxylic acids is 3. The van der Waals surface area contributed by atoms with Crippen LogP contribution in [-0.2, 0) is 14.4 Å². The van der Waals surface area contributed by atoms with E-state index in [1.807, 2.05) is 18.2 Å². The van der Waals surface area contributed by atoms with Crippen molar-refractivity contribution >= 4 is 35.2 Å². The van der Waals surface area contributed by atoms with Gasteiger partial charge < -0.3 is 15.1 Å².